The molecule has 0 aliphatic heterocycles. The maximum Gasteiger partial charge on any atom is 0.258 e. The average Bonchev–Trinajstić information content (AvgIpc) is 2.47. The first-order chi connectivity index (χ1) is 11.0. The van der Waals surface area contributed by atoms with Gasteiger partial charge in [0.25, 0.3) is 5.91 Å². The van der Waals surface area contributed by atoms with Gasteiger partial charge in [0, 0.05) is 30.9 Å². The number of nitrogens with zero attached hydrogens (tertiary/aromatic N) is 1. The lowest BCUT2D eigenvalue weighted by Crippen LogP contribution is -2.17. The van der Waals surface area contributed by atoms with E-state index in [1.807, 2.05) is 0 Å². The predicted octanol–water partition coefficient (Wildman–Crippen LogP) is 2.93. The molecular formula is C15H14Cl2N4O2. The topological polar surface area (TPSA) is 97.1 Å². The molecule has 2 amide bonds. The molecule has 2 aromatic rings. The second-order valence-corrected chi connectivity index (χ2v) is 5.38. The molecule has 0 aliphatic carbocycles. The Morgan fingerprint density at radius 2 is 1.83 bits per heavy atom. The summed E-state index contributed by atoms with van der Waals surface area (Å²) in [5.74, 6) is -0.393. The van der Waals surface area contributed by atoms with Gasteiger partial charge in [-0.25, -0.2) is 4.98 Å². The fraction of sp³-hybridized carbons (Fsp3) is 0.133. The third kappa shape index (κ3) is 4.66. The third-order valence-electron chi connectivity index (χ3n) is 2.85. The van der Waals surface area contributed by atoms with Gasteiger partial charge in [-0.15, -0.1) is 0 Å². The van der Waals surface area contributed by atoms with Gasteiger partial charge in [0.15, 0.2) is 0 Å². The molecule has 2 rings (SSSR count). The quantitative estimate of drug-likeness (QED) is 0.770. The van der Waals surface area contributed by atoms with E-state index in [0.717, 1.165) is 0 Å². The number of benzene rings is 1. The minimum Gasteiger partial charge on any atom is -0.330 e. The molecule has 0 unspecified atom stereocenters. The minimum atomic E-state index is -0.453. The van der Waals surface area contributed by atoms with Crippen LogP contribution in [0.4, 0.5) is 11.5 Å². The SMILES string of the molecule is NCCC(=O)Nc1cc(NC(=O)c2c(Cl)cccc2Cl)ccn1. The van der Waals surface area contributed by atoms with Crippen LogP contribution < -0.4 is 16.4 Å². The van der Waals surface area contributed by atoms with Crippen molar-refractivity contribution in [3.63, 3.8) is 0 Å². The first-order valence-corrected chi connectivity index (χ1v) is 7.48. The number of aromatic nitrogens is 1. The van der Waals surface area contributed by atoms with E-state index >= 15 is 0 Å². The first-order valence-electron chi connectivity index (χ1n) is 6.72. The summed E-state index contributed by atoms with van der Waals surface area (Å²) in [7, 11) is 0. The Kier molecular flexibility index (Phi) is 5.92. The maximum atomic E-state index is 12.3. The number of anilines is 2. The molecule has 6 nitrogen and oxygen atoms in total. The van der Waals surface area contributed by atoms with Crippen LogP contribution in [0.25, 0.3) is 0 Å². The lowest BCUT2D eigenvalue weighted by atomic mass is 10.2. The third-order valence-corrected chi connectivity index (χ3v) is 3.48. The second-order valence-electron chi connectivity index (χ2n) is 4.57. The smallest absolute Gasteiger partial charge is 0.258 e. The van der Waals surface area contributed by atoms with Crippen molar-refractivity contribution in [2.75, 3.05) is 17.2 Å². The second kappa shape index (κ2) is 7.92. The number of nitrogens with two attached hydrogens (primary N) is 1. The molecule has 0 saturated heterocycles. The van der Waals surface area contributed by atoms with Crippen LogP contribution in [0.1, 0.15) is 16.8 Å². The van der Waals surface area contributed by atoms with E-state index in [4.69, 9.17) is 28.9 Å². The highest BCUT2D eigenvalue weighted by Gasteiger charge is 2.15. The van der Waals surface area contributed by atoms with Crippen LogP contribution in [0.2, 0.25) is 10.0 Å². The Bertz CT molecular complexity index is 717. The summed E-state index contributed by atoms with van der Waals surface area (Å²) < 4.78 is 0. The summed E-state index contributed by atoms with van der Waals surface area (Å²) >= 11 is 12.0. The van der Waals surface area contributed by atoms with Gasteiger partial charge in [0.2, 0.25) is 5.91 Å². The van der Waals surface area contributed by atoms with Gasteiger partial charge in [0.05, 0.1) is 15.6 Å². The van der Waals surface area contributed by atoms with E-state index in [9.17, 15) is 9.59 Å². The van der Waals surface area contributed by atoms with Crippen molar-refractivity contribution in [3.8, 4) is 0 Å². The zero-order valence-corrected chi connectivity index (χ0v) is 13.5. The number of carbonyl (C=O) groups is 2. The van der Waals surface area contributed by atoms with Crippen LogP contribution >= 0.6 is 23.2 Å². The van der Waals surface area contributed by atoms with Gasteiger partial charge in [-0.05, 0) is 18.2 Å². The highest BCUT2D eigenvalue weighted by Crippen LogP contribution is 2.25. The molecule has 0 bridgehead atoms. The van der Waals surface area contributed by atoms with Gasteiger partial charge in [0.1, 0.15) is 5.82 Å². The Labute approximate surface area is 143 Å². The number of hydrogen-bond donors (Lipinski definition) is 3. The van der Waals surface area contributed by atoms with Crippen LogP contribution in [0.3, 0.4) is 0 Å². The molecule has 1 aromatic carbocycles. The standard InChI is InChI=1S/C15H14Cl2N4O2/c16-10-2-1-3-11(17)14(10)15(23)20-9-5-7-19-12(8-9)21-13(22)4-6-18/h1-3,5,7-8H,4,6,18H2,(H2,19,20,21,22,23). The summed E-state index contributed by atoms with van der Waals surface area (Å²) in [5, 5.41) is 5.75. The van der Waals surface area contributed by atoms with E-state index in [2.05, 4.69) is 15.6 Å². The number of hydrogen-bond acceptors (Lipinski definition) is 4. The van der Waals surface area contributed by atoms with Gasteiger partial charge >= 0.3 is 0 Å². The molecule has 120 valence electrons. The Balaban J connectivity index is 2.14. The number of amides is 2. The summed E-state index contributed by atoms with van der Waals surface area (Å²) in [6.45, 7) is 0.243. The molecule has 0 fully saturated rings. The van der Waals surface area contributed by atoms with Crippen LogP contribution in [0.15, 0.2) is 36.5 Å². The first kappa shape index (κ1) is 17.2. The zero-order chi connectivity index (χ0) is 16.8. The van der Waals surface area contributed by atoms with Crippen molar-refractivity contribution in [1.29, 1.82) is 0 Å². The fourth-order valence-corrected chi connectivity index (χ4v) is 2.39. The molecule has 0 saturated carbocycles. The monoisotopic (exact) mass is 352 g/mol. The normalized spacial score (nSPS) is 10.2. The van der Waals surface area contributed by atoms with E-state index in [0.29, 0.717) is 11.5 Å². The molecule has 8 heteroatoms. The van der Waals surface area contributed by atoms with Crippen molar-refractivity contribution in [3.05, 3.63) is 52.1 Å². The minimum absolute atomic E-state index is 0.182. The Hall–Kier alpha value is -2.15. The van der Waals surface area contributed by atoms with E-state index in [1.54, 1.807) is 24.3 Å². The molecule has 4 N–H and O–H groups in total. The van der Waals surface area contributed by atoms with Crippen LogP contribution in [0.5, 0.6) is 0 Å². The number of nitrogens with one attached hydrogen (secondary N) is 2. The molecular weight excluding hydrogens is 339 g/mol. The number of rotatable bonds is 5. The molecule has 1 heterocycles. The molecule has 0 aliphatic rings. The van der Waals surface area contributed by atoms with E-state index in [1.165, 1.54) is 12.3 Å². The average molecular weight is 353 g/mol. The highest BCUT2D eigenvalue weighted by atomic mass is 35.5. The van der Waals surface area contributed by atoms with Crippen molar-refractivity contribution >= 4 is 46.5 Å². The summed E-state index contributed by atoms with van der Waals surface area (Å²) in [4.78, 5) is 27.8. The Morgan fingerprint density at radius 1 is 1.13 bits per heavy atom. The lowest BCUT2D eigenvalue weighted by molar-refractivity contribution is -0.116. The van der Waals surface area contributed by atoms with Crippen molar-refractivity contribution in [2.24, 2.45) is 5.73 Å². The molecule has 0 radical (unpaired) electrons. The fourth-order valence-electron chi connectivity index (χ4n) is 1.82. The summed E-state index contributed by atoms with van der Waals surface area (Å²) in [6.07, 6.45) is 1.65. The van der Waals surface area contributed by atoms with Gasteiger partial charge in [-0.1, -0.05) is 29.3 Å². The van der Waals surface area contributed by atoms with Gasteiger partial charge in [-0.3, -0.25) is 9.59 Å². The maximum absolute atomic E-state index is 12.3. The Morgan fingerprint density at radius 3 is 2.48 bits per heavy atom. The molecule has 1 aromatic heterocycles. The number of halogens is 2. The predicted molar refractivity (Wildman–Crippen MR) is 91.0 cm³/mol. The number of pyridine rings is 1. The summed E-state index contributed by atoms with van der Waals surface area (Å²) in [5.41, 5.74) is 5.94. The van der Waals surface area contributed by atoms with Crippen LogP contribution in [-0.4, -0.2) is 23.3 Å². The zero-order valence-electron chi connectivity index (χ0n) is 12.0. The van der Waals surface area contributed by atoms with Gasteiger partial charge in [-0.2, -0.15) is 0 Å². The van der Waals surface area contributed by atoms with Crippen molar-refractivity contribution in [2.45, 2.75) is 6.42 Å². The van der Waals surface area contributed by atoms with Crippen molar-refractivity contribution in [1.82, 2.24) is 4.98 Å². The summed E-state index contributed by atoms with van der Waals surface area (Å²) in [6, 6.07) is 7.91. The lowest BCUT2D eigenvalue weighted by Gasteiger charge is -2.10. The highest BCUT2D eigenvalue weighted by molar-refractivity contribution is 6.40. The largest absolute Gasteiger partial charge is 0.330 e. The van der Waals surface area contributed by atoms with E-state index in [-0.39, 0.29) is 34.5 Å². The number of carbonyl (C=O) groups excluding carboxylic acids is 2. The van der Waals surface area contributed by atoms with Crippen molar-refractivity contribution < 1.29 is 9.59 Å². The van der Waals surface area contributed by atoms with Gasteiger partial charge < -0.3 is 16.4 Å². The molecule has 23 heavy (non-hydrogen) atoms. The van der Waals surface area contributed by atoms with Crippen LogP contribution in [-0.2, 0) is 4.79 Å². The molecule has 0 atom stereocenters. The molecule has 0 spiro atoms. The van der Waals surface area contributed by atoms with Crippen LogP contribution in [0, 0.1) is 0 Å². The van der Waals surface area contributed by atoms with E-state index < -0.39 is 5.91 Å².